The summed E-state index contributed by atoms with van der Waals surface area (Å²) in [6.07, 6.45) is 0. The Morgan fingerprint density at radius 1 is 1.33 bits per heavy atom. The highest BCUT2D eigenvalue weighted by Gasteiger charge is 2.13. The molecule has 3 rings (SSSR count). The summed E-state index contributed by atoms with van der Waals surface area (Å²) in [5.41, 5.74) is 8.37. The van der Waals surface area contributed by atoms with Crippen molar-refractivity contribution >= 4 is 17.4 Å². The van der Waals surface area contributed by atoms with Crippen LogP contribution in [0, 0.1) is 6.92 Å². The number of H-pyrrole nitrogens is 1. The maximum absolute atomic E-state index is 6.14. The number of aromatic nitrogens is 4. The maximum atomic E-state index is 6.14. The number of aromatic amines is 1. The fourth-order valence-corrected chi connectivity index (χ4v) is 2.21. The first-order chi connectivity index (χ1) is 8.70. The van der Waals surface area contributed by atoms with Crippen LogP contribution >= 0.6 is 11.6 Å². The van der Waals surface area contributed by atoms with Gasteiger partial charge in [-0.2, -0.15) is 4.98 Å². The van der Waals surface area contributed by atoms with Crippen molar-refractivity contribution in [2.24, 2.45) is 5.73 Å². The van der Waals surface area contributed by atoms with Gasteiger partial charge in [-0.1, -0.05) is 23.7 Å². The highest BCUT2D eigenvalue weighted by atomic mass is 35.5. The Hall–Kier alpha value is -1.85. The molecule has 92 valence electrons. The first-order valence-electron chi connectivity index (χ1n) is 5.59. The van der Waals surface area contributed by atoms with E-state index in [1.807, 2.05) is 31.2 Å². The fourth-order valence-electron chi connectivity index (χ4n) is 1.98. The molecule has 0 bridgehead atoms. The number of imidazole rings is 1. The van der Waals surface area contributed by atoms with Crippen molar-refractivity contribution in [3.05, 3.63) is 40.7 Å². The number of hydrogen-bond donors (Lipinski definition) is 2. The van der Waals surface area contributed by atoms with Crippen LogP contribution in [0.15, 0.2) is 24.3 Å². The van der Waals surface area contributed by atoms with Crippen LogP contribution in [-0.4, -0.2) is 19.6 Å². The Balaban J connectivity index is 2.20. The first-order valence-corrected chi connectivity index (χ1v) is 5.97. The molecule has 2 aromatic heterocycles. The van der Waals surface area contributed by atoms with Gasteiger partial charge < -0.3 is 5.73 Å². The zero-order valence-electron chi connectivity index (χ0n) is 9.81. The molecule has 0 aliphatic heterocycles. The number of aryl methyl sites for hydroxylation is 1. The summed E-state index contributed by atoms with van der Waals surface area (Å²) in [6.45, 7) is 2.33. The fraction of sp³-hybridized carbons (Fsp3) is 0.167. The number of halogens is 1. The molecule has 0 atom stereocenters. The molecule has 1 aromatic carbocycles. The van der Waals surface area contributed by atoms with Gasteiger partial charge in [-0.15, -0.1) is 0 Å². The van der Waals surface area contributed by atoms with Gasteiger partial charge in [0.15, 0.2) is 5.82 Å². The van der Waals surface area contributed by atoms with Crippen molar-refractivity contribution < 1.29 is 0 Å². The summed E-state index contributed by atoms with van der Waals surface area (Å²) >= 11 is 6.14. The summed E-state index contributed by atoms with van der Waals surface area (Å²) in [6, 6.07) is 7.55. The third-order valence-electron chi connectivity index (χ3n) is 2.91. The second-order valence-electron chi connectivity index (χ2n) is 4.04. The molecule has 2 heterocycles. The van der Waals surface area contributed by atoms with Gasteiger partial charge in [-0.05, 0) is 19.1 Å². The third kappa shape index (κ3) is 1.60. The Bertz CT molecular complexity index is 712. The molecule has 0 saturated carbocycles. The van der Waals surface area contributed by atoms with Gasteiger partial charge in [0.1, 0.15) is 0 Å². The van der Waals surface area contributed by atoms with E-state index in [0.29, 0.717) is 23.2 Å². The molecule has 5 nitrogen and oxygen atoms in total. The predicted octanol–water partition coefficient (Wildman–Crippen LogP) is 2.14. The normalized spacial score (nSPS) is 11.3. The second kappa shape index (κ2) is 4.12. The van der Waals surface area contributed by atoms with E-state index >= 15 is 0 Å². The quantitative estimate of drug-likeness (QED) is 0.742. The Morgan fingerprint density at radius 2 is 2.11 bits per heavy atom. The number of nitrogens with one attached hydrogen (secondary N) is 1. The van der Waals surface area contributed by atoms with Crippen LogP contribution in [0.25, 0.3) is 17.2 Å². The molecule has 18 heavy (non-hydrogen) atoms. The number of fused-ring (bicyclic) bond motifs is 1. The molecule has 3 N–H and O–H groups in total. The smallest absolute Gasteiger partial charge is 0.251 e. The molecule has 0 spiro atoms. The van der Waals surface area contributed by atoms with Crippen molar-refractivity contribution in [3.8, 4) is 11.4 Å². The van der Waals surface area contributed by atoms with E-state index in [-0.39, 0.29) is 0 Å². The van der Waals surface area contributed by atoms with Gasteiger partial charge in [0.05, 0.1) is 16.4 Å². The van der Waals surface area contributed by atoms with Gasteiger partial charge in [0, 0.05) is 12.1 Å². The lowest BCUT2D eigenvalue weighted by atomic mass is 10.2. The second-order valence-corrected chi connectivity index (χ2v) is 4.44. The maximum Gasteiger partial charge on any atom is 0.251 e. The highest BCUT2D eigenvalue weighted by molar-refractivity contribution is 6.33. The Kier molecular flexibility index (Phi) is 2.57. The SMILES string of the molecule is Cc1nc2nc(-c3ccccc3Cl)[nH]n2c1CN. The highest BCUT2D eigenvalue weighted by Crippen LogP contribution is 2.25. The van der Waals surface area contributed by atoms with Crippen molar-refractivity contribution in [1.29, 1.82) is 0 Å². The van der Waals surface area contributed by atoms with Crippen molar-refractivity contribution in [1.82, 2.24) is 19.6 Å². The van der Waals surface area contributed by atoms with Crippen LogP contribution in [0.3, 0.4) is 0 Å². The van der Waals surface area contributed by atoms with Crippen molar-refractivity contribution in [2.45, 2.75) is 13.5 Å². The summed E-state index contributed by atoms with van der Waals surface area (Å²) in [5, 5.41) is 3.82. The van der Waals surface area contributed by atoms with E-state index in [9.17, 15) is 0 Å². The van der Waals surface area contributed by atoms with Crippen LogP contribution in [0.5, 0.6) is 0 Å². The molecule has 0 aliphatic rings. The molecule has 0 unspecified atom stereocenters. The van der Waals surface area contributed by atoms with E-state index in [2.05, 4.69) is 15.1 Å². The minimum atomic E-state index is 0.414. The van der Waals surface area contributed by atoms with Crippen LogP contribution in [-0.2, 0) is 6.54 Å². The van der Waals surface area contributed by atoms with E-state index < -0.39 is 0 Å². The zero-order chi connectivity index (χ0) is 12.7. The molecule has 0 aliphatic carbocycles. The van der Waals surface area contributed by atoms with E-state index in [1.54, 1.807) is 4.52 Å². The number of nitrogens with zero attached hydrogens (tertiary/aromatic N) is 3. The average Bonchev–Trinajstić information content (AvgIpc) is 2.86. The summed E-state index contributed by atoms with van der Waals surface area (Å²) < 4.78 is 1.80. The molecule has 3 aromatic rings. The van der Waals surface area contributed by atoms with Crippen LogP contribution in [0.1, 0.15) is 11.4 Å². The van der Waals surface area contributed by atoms with Crippen LogP contribution < -0.4 is 5.73 Å². The van der Waals surface area contributed by atoms with Crippen molar-refractivity contribution in [2.75, 3.05) is 0 Å². The zero-order valence-corrected chi connectivity index (χ0v) is 10.6. The lowest BCUT2D eigenvalue weighted by Crippen LogP contribution is -2.03. The Labute approximate surface area is 109 Å². The first kappa shape index (κ1) is 11.3. The standard InChI is InChI=1S/C12H12ClN5/c1-7-10(6-14)18-12(15-7)16-11(17-18)8-4-2-3-5-9(8)13/h2-5H,6,14H2,1H3,(H,15,16,17). The number of rotatable bonds is 2. The number of hydrogen-bond acceptors (Lipinski definition) is 3. The minimum Gasteiger partial charge on any atom is -0.325 e. The number of nitrogens with two attached hydrogens (primary N) is 1. The molecule has 0 amide bonds. The van der Waals surface area contributed by atoms with E-state index in [4.69, 9.17) is 17.3 Å². The topological polar surface area (TPSA) is 72.0 Å². The summed E-state index contributed by atoms with van der Waals surface area (Å²) in [5.74, 6) is 1.31. The van der Waals surface area contributed by atoms with Gasteiger partial charge >= 0.3 is 0 Å². The van der Waals surface area contributed by atoms with Crippen molar-refractivity contribution in [3.63, 3.8) is 0 Å². The predicted molar refractivity (Wildman–Crippen MR) is 70.4 cm³/mol. The van der Waals surface area contributed by atoms with Gasteiger partial charge in [0.2, 0.25) is 0 Å². The molecule has 0 radical (unpaired) electrons. The monoisotopic (exact) mass is 261 g/mol. The molecular formula is C12H12ClN5. The Morgan fingerprint density at radius 3 is 2.83 bits per heavy atom. The van der Waals surface area contributed by atoms with Gasteiger partial charge in [-0.3, -0.25) is 5.10 Å². The van der Waals surface area contributed by atoms with E-state index in [1.165, 1.54) is 0 Å². The molecule has 6 heteroatoms. The summed E-state index contributed by atoms with van der Waals surface area (Å²) in [7, 11) is 0. The number of benzene rings is 1. The third-order valence-corrected chi connectivity index (χ3v) is 3.24. The molecule has 0 saturated heterocycles. The lowest BCUT2D eigenvalue weighted by Gasteiger charge is -1.99. The lowest BCUT2D eigenvalue weighted by molar-refractivity contribution is 0.859. The van der Waals surface area contributed by atoms with E-state index in [0.717, 1.165) is 17.0 Å². The minimum absolute atomic E-state index is 0.414. The average molecular weight is 262 g/mol. The van der Waals surface area contributed by atoms with Crippen LogP contribution in [0.2, 0.25) is 5.02 Å². The summed E-state index contributed by atoms with van der Waals surface area (Å²) in [4.78, 5) is 8.79. The molecular weight excluding hydrogens is 250 g/mol. The molecule has 0 fully saturated rings. The van der Waals surface area contributed by atoms with Gasteiger partial charge in [0.25, 0.3) is 5.78 Å². The largest absolute Gasteiger partial charge is 0.325 e. The van der Waals surface area contributed by atoms with Gasteiger partial charge in [-0.25, -0.2) is 9.50 Å². The van der Waals surface area contributed by atoms with Crippen LogP contribution in [0.4, 0.5) is 0 Å².